The van der Waals surface area contributed by atoms with Gasteiger partial charge < -0.3 is 10.1 Å². The molecule has 0 saturated carbocycles. The molecule has 20 heavy (non-hydrogen) atoms. The number of anilines is 2. The minimum atomic E-state index is -0.672. The van der Waals surface area contributed by atoms with E-state index in [1.54, 1.807) is 13.2 Å². The van der Waals surface area contributed by atoms with Gasteiger partial charge in [-0.15, -0.1) is 0 Å². The van der Waals surface area contributed by atoms with Gasteiger partial charge in [-0.1, -0.05) is 0 Å². The Morgan fingerprint density at radius 2 is 2.25 bits per heavy atom. The molecule has 0 fully saturated rings. The number of hydrogen-bond acceptors (Lipinski definition) is 7. The summed E-state index contributed by atoms with van der Waals surface area (Å²) in [4.78, 5) is 25.7. The predicted molar refractivity (Wildman–Crippen MR) is 68.7 cm³/mol. The maximum absolute atomic E-state index is 11.4. The van der Waals surface area contributed by atoms with E-state index in [1.165, 1.54) is 30.1 Å². The van der Waals surface area contributed by atoms with Crippen molar-refractivity contribution in [2.24, 2.45) is 7.05 Å². The van der Waals surface area contributed by atoms with Crippen molar-refractivity contribution in [3.63, 3.8) is 0 Å². The molecule has 9 nitrogen and oxygen atoms in total. The van der Waals surface area contributed by atoms with Crippen molar-refractivity contribution in [1.29, 1.82) is 0 Å². The molecular weight excluding hydrogens is 266 g/mol. The van der Waals surface area contributed by atoms with Crippen molar-refractivity contribution in [3.05, 3.63) is 40.3 Å². The normalized spacial score (nSPS) is 10.1. The minimum Gasteiger partial charge on any atom is -0.464 e. The molecule has 0 radical (unpaired) electrons. The van der Waals surface area contributed by atoms with Gasteiger partial charge in [-0.25, -0.2) is 9.78 Å². The van der Waals surface area contributed by atoms with Crippen LogP contribution in [0.1, 0.15) is 10.5 Å². The highest BCUT2D eigenvalue weighted by molar-refractivity contribution is 5.88. The van der Waals surface area contributed by atoms with E-state index in [2.05, 4.69) is 20.1 Å². The zero-order valence-electron chi connectivity index (χ0n) is 10.7. The van der Waals surface area contributed by atoms with Crippen LogP contribution in [0.3, 0.4) is 0 Å². The predicted octanol–water partition coefficient (Wildman–Crippen LogP) is 1.25. The Bertz CT molecular complexity index is 667. The number of aryl methyl sites for hydroxylation is 1. The number of hydrogen-bond donors (Lipinski definition) is 1. The van der Waals surface area contributed by atoms with E-state index in [-0.39, 0.29) is 17.2 Å². The zero-order chi connectivity index (χ0) is 14.7. The van der Waals surface area contributed by atoms with Crippen LogP contribution in [0, 0.1) is 10.1 Å². The Morgan fingerprint density at radius 1 is 1.50 bits per heavy atom. The first kappa shape index (κ1) is 13.5. The Morgan fingerprint density at radius 3 is 2.80 bits per heavy atom. The van der Waals surface area contributed by atoms with Crippen LogP contribution >= 0.6 is 0 Å². The molecule has 2 aromatic heterocycles. The van der Waals surface area contributed by atoms with Crippen LogP contribution in [-0.2, 0) is 11.8 Å². The summed E-state index contributed by atoms with van der Waals surface area (Å²) >= 11 is 0. The number of esters is 1. The van der Waals surface area contributed by atoms with Crippen molar-refractivity contribution in [2.75, 3.05) is 12.4 Å². The van der Waals surface area contributed by atoms with Crippen LogP contribution in [0.25, 0.3) is 0 Å². The van der Waals surface area contributed by atoms with E-state index < -0.39 is 10.9 Å². The number of nitro groups is 1. The highest BCUT2D eigenvalue weighted by atomic mass is 16.6. The number of pyridine rings is 1. The zero-order valence-corrected chi connectivity index (χ0v) is 10.7. The smallest absolute Gasteiger partial charge is 0.356 e. The largest absolute Gasteiger partial charge is 0.464 e. The van der Waals surface area contributed by atoms with Crippen molar-refractivity contribution >= 4 is 23.2 Å². The molecule has 0 unspecified atom stereocenters. The summed E-state index contributed by atoms with van der Waals surface area (Å²) in [5.74, 6) is -0.722. The van der Waals surface area contributed by atoms with Crippen LogP contribution in [0.5, 0.6) is 0 Å². The standard InChI is InChI=1S/C11H11N5O4/c1-15-6-7(5-12-15)13-10-9(16(18)19)4-3-8(14-10)11(17)20-2/h3-6H,1-2H3,(H,13,14). The Balaban J connectivity index is 2.41. The number of carbonyl (C=O) groups excluding carboxylic acids is 1. The second-order valence-corrected chi connectivity index (χ2v) is 3.84. The lowest BCUT2D eigenvalue weighted by Gasteiger charge is -2.05. The fraction of sp³-hybridized carbons (Fsp3) is 0.182. The molecule has 0 aliphatic rings. The molecule has 0 amide bonds. The van der Waals surface area contributed by atoms with Crippen LogP contribution < -0.4 is 5.32 Å². The van der Waals surface area contributed by atoms with Gasteiger partial charge in [-0.3, -0.25) is 14.8 Å². The van der Waals surface area contributed by atoms with Gasteiger partial charge in [0.25, 0.3) is 0 Å². The topological polar surface area (TPSA) is 112 Å². The fourth-order valence-electron chi connectivity index (χ4n) is 1.53. The Labute approximate surface area is 113 Å². The molecule has 0 atom stereocenters. The molecule has 0 aliphatic heterocycles. The summed E-state index contributed by atoms with van der Waals surface area (Å²) < 4.78 is 6.06. The van der Waals surface area contributed by atoms with E-state index in [4.69, 9.17) is 0 Å². The van der Waals surface area contributed by atoms with Gasteiger partial charge in [-0.05, 0) is 6.07 Å². The first-order chi connectivity index (χ1) is 9.51. The van der Waals surface area contributed by atoms with Crippen molar-refractivity contribution in [3.8, 4) is 0 Å². The van der Waals surface area contributed by atoms with Gasteiger partial charge in [0.05, 0.1) is 23.9 Å². The number of nitrogens with one attached hydrogen (secondary N) is 1. The molecular formula is C11H11N5O4. The van der Waals surface area contributed by atoms with E-state index in [0.29, 0.717) is 5.69 Å². The Hall–Kier alpha value is -2.97. The van der Waals surface area contributed by atoms with E-state index in [1.807, 2.05) is 0 Å². The molecule has 2 aromatic rings. The van der Waals surface area contributed by atoms with Crippen LogP contribution in [-0.4, -0.2) is 32.8 Å². The quantitative estimate of drug-likeness (QED) is 0.508. The third kappa shape index (κ3) is 2.71. The molecule has 9 heteroatoms. The lowest BCUT2D eigenvalue weighted by Crippen LogP contribution is -2.07. The summed E-state index contributed by atoms with van der Waals surface area (Å²) in [5, 5.41) is 17.6. The van der Waals surface area contributed by atoms with Gasteiger partial charge in [0.15, 0.2) is 5.69 Å². The highest BCUT2D eigenvalue weighted by Gasteiger charge is 2.19. The molecule has 0 aromatic carbocycles. The van der Waals surface area contributed by atoms with Crippen molar-refractivity contribution < 1.29 is 14.5 Å². The highest BCUT2D eigenvalue weighted by Crippen LogP contribution is 2.25. The van der Waals surface area contributed by atoms with E-state index in [0.717, 1.165) is 0 Å². The van der Waals surface area contributed by atoms with Crippen LogP contribution in [0.15, 0.2) is 24.5 Å². The SMILES string of the molecule is COC(=O)c1ccc([N+](=O)[O-])c(Nc2cnn(C)c2)n1. The number of rotatable bonds is 4. The van der Waals surface area contributed by atoms with Crippen molar-refractivity contribution in [1.82, 2.24) is 14.8 Å². The molecule has 2 rings (SSSR count). The molecule has 0 saturated heterocycles. The van der Waals surface area contributed by atoms with Gasteiger partial charge in [0.1, 0.15) is 0 Å². The molecule has 0 bridgehead atoms. The van der Waals surface area contributed by atoms with Crippen LogP contribution in [0.4, 0.5) is 17.2 Å². The number of aromatic nitrogens is 3. The second kappa shape index (κ2) is 5.34. The lowest BCUT2D eigenvalue weighted by molar-refractivity contribution is -0.384. The third-order valence-electron chi connectivity index (χ3n) is 2.43. The maximum Gasteiger partial charge on any atom is 0.356 e. The van der Waals surface area contributed by atoms with E-state index >= 15 is 0 Å². The third-order valence-corrected chi connectivity index (χ3v) is 2.43. The van der Waals surface area contributed by atoms with Gasteiger partial charge in [0, 0.05) is 19.3 Å². The lowest BCUT2D eigenvalue weighted by atomic mass is 10.3. The summed E-state index contributed by atoms with van der Waals surface area (Å²) in [6.07, 6.45) is 3.10. The Kier molecular flexibility index (Phi) is 3.60. The number of carbonyl (C=O) groups is 1. The molecule has 0 aliphatic carbocycles. The van der Waals surface area contributed by atoms with E-state index in [9.17, 15) is 14.9 Å². The first-order valence-corrected chi connectivity index (χ1v) is 5.50. The monoisotopic (exact) mass is 277 g/mol. The molecule has 0 spiro atoms. The average molecular weight is 277 g/mol. The summed E-state index contributed by atoms with van der Waals surface area (Å²) in [5.41, 5.74) is 0.246. The van der Waals surface area contributed by atoms with Crippen molar-refractivity contribution in [2.45, 2.75) is 0 Å². The first-order valence-electron chi connectivity index (χ1n) is 5.50. The van der Waals surface area contributed by atoms with Gasteiger partial charge >= 0.3 is 11.7 Å². The molecule has 104 valence electrons. The molecule has 2 heterocycles. The minimum absolute atomic E-state index is 0.0236. The number of methoxy groups -OCH3 is 1. The average Bonchev–Trinajstić information content (AvgIpc) is 2.82. The second-order valence-electron chi connectivity index (χ2n) is 3.84. The van der Waals surface area contributed by atoms with Crippen LogP contribution in [0.2, 0.25) is 0 Å². The fourth-order valence-corrected chi connectivity index (χ4v) is 1.53. The maximum atomic E-state index is 11.4. The summed E-state index contributed by atoms with van der Waals surface area (Å²) in [6.45, 7) is 0. The van der Waals surface area contributed by atoms with Gasteiger partial charge in [-0.2, -0.15) is 5.10 Å². The molecule has 1 N–H and O–H groups in total. The number of nitrogens with zero attached hydrogens (tertiary/aromatic N) is 4. The summed E-state index contributed by atoms with van der Waals surface area (Å²) in [6, 6.07) is 2.43. The van der Waals surface area contributed by atoms with Gasteiger partial charge in [0.2, 0.25) is 5.82 Å². The number of ether oxygens (including phenoxy) is 1. The summed E-state index contributed by atoms with van der Waals surface area (Å²) in [7, 11) is 2.91.